The number of nitrogens with one attached hydrogen (secondary N) is 1. The third-order valence-corrected chi connectivity index (χ3v) is 3.92. The molecule has 100 valence electrons. The van der Waals surface area contributed by atoms with Crippen LogP contribution in [-0.4, -0.2) is 35.2 Å². The molecule has 18 heavy (non-hydrogen) atoms. The van der Waals surface area contributed by atoms with Crippen molar-refractivity contribution in [3.05, 3.63) is 33.8 Å². The van der Waals surface area contributed by atoms with Crippen molar-refractivity contribution in [1.82, 2.24) is 5.32 Å². The van der Waals surface area contributed by atoms with Crippen molar-refractivity contribution in [2.45, 2.75) is 12.5 Å². The van der Waals surface area contributed by atoms with Crippen LogP contribution in [0.2, 0.25) is 10.0 Å². The molecular formula is C12H15Cl2NO2S. The lowest BCUT2D eigenvalue weighted by Crippen LogP contribution is -2.42. The molecule has 1 aromatic rings. The van der Waals surface area contributed by atoms with E-state index < -0.39 is 5.60 Å². The highest BCUT2D eigenvalue weighted by Crippen LogP contribution is 2.22. The van der Waals surface area contributed by atoms with Crippen LogP contribution in [0.3, 0.4) is 0 Å². The van der Waals surface area contributed by atoms with E-state index in [0.29, 0.717) is 21.4 Å². The second-order valence-corrected chi connectivity index (χ2v) is 5.92. The van der Waals surface area contributed by atoms with Crippen LogP contribution in [-0.2, 0) is 0 Å². The highest BCUT2D eigenvalue weighted by Gasteiger charge is 2.20. The fourth-order valence-corrected chi connectivity index (χ4v) is 2.39. The molecule has 0 spiro atoms. The molecule has 0 aliphatic heterocycles. The van der Waals surface area contributed by atoms with Crippen molar-refractivity contribution in [1.29, 1.82) is 0 Å². The summed E-state index contributed by atoms with van der Waals surface area (Å²) in [5.41, 5.74) is -0.505. The first kappa shape index (κ1) is 15.6. The SMILES string of the molecule is CSC[C@](C)(O)CNC(=O)c1ccc(Cl)c(Cl)c1. The van der Waals surface area contributed by atoms with Crippen molar-refractivity contribution in [3.63, 3.8) is 0 Å². The molecule has 2 N–H and O–H groups in total. The topological polar surface area (TPSA) is 49.3 Å². The van der Waals surface area contributed by atoms with E-state index in [1.165, 1.54) is 17.8 Å². The highest BCUT2D eigenvalue weighted by molar-refractivity contribution is 7.98. The molecule has 3 nitrogen and oxygen atoms in total. The maximum atomic E-state index is 11.8. The summed E-state index contributed by atoms with van der Waals surface area (Å²) in [4.78, 5) is 11.8. The number of amides is 1. The Morgan fingerprint density at radius 2 is 2.11 bits per heavy atom. The van der Waals surface area contributed by atoms with Crippen LogP contribution in [0.4, 0.5) is 0 Å². The van der Waals surface area contributed by atoms with Gasteiger partial charge in [-0.3, -0.25) is 4.79 Å². The highest BCUT2D eigenvalue weighted by atomic mass is 35.5. The molecule has 0 radical (unpaired) electrons. The van der Waals surface area contributed by atoms with Crippen LogP contribution < -0.4 is 5.32 Å². The van der Waals surface area contributed by atoms with Crippen LogP contribution in [0.25, 0.3) is 0 Å². The number of benzene rings is 1. The van der Waals surface area contributed by atoms with Gasteiger partial charge in [0.25, 0.3) is 5.91 Å². The summed E-state index contributed by atoms with van der Waals surface area (Å²) < 4.78 is 0. The van der Waals surface area contributed by atoms with E-state index in [9.17, 15) is 9.90 Å². The molecule has 0 unspecified atom stereocenters. The summed E-state index contributed by atoms with van der Waals surface area (Å²) in [6.07, 6.45) is 1.90. The van der Waals surface area contributed by atoms with E-state index in [1.54, 1.807) is 19.1 Å². The minimum atomic E-state index is -0.925. The largest absolute Gasteiger partial charge is 0.387 e. The maximum Gasteiger partial charge on any atom is 0.251 e. The lowest BCUT2D eigenvalue weighted by molar-refractivity contribution is 0.0725. The van der Waals surface area contributed by atoms with E-state index in [1.807, 2.05) is 6.26 Å². The van der Waals surface area contributed by atoms with Gasteiger partial charge in [-0.15, -0.1) is 0 Å². The zero-order valence-corrected chi connectivity index (χ0v) is 12.5. The van der Waals surface area contributed by atoms with Crippen LogP contribution in [0.5, 0.6) is 0 Å². The quantitative estimate of drug-likeness (QED) is 0.879. The molecule has 0 saturated heterocycles. The van der Waals surface area contributed by atoms with E-state index in [2.05, 4.69) is 5.32 Å². The van der Waals surface area contributed by atoms with Gasteiger partial charge in [0.15, 0.2) is 0 Å². The lowest BCUT2D eigenvalue weighted by atomic mass is 10.1. The summed E-state index contributed by atoms with van der Waals surface area (Å²) in [6, 6.07) is 4.66. The normalized spacial score (nSPS) is 14.1. The minimum Gasteiger partial charge on any atom is -0.387 e. The second kappa shape index (κ2) is 6.66. The Morgan fingerprint density at radius 3 is 2.67 bits per heavy atom. The number of thioether (sulfide) groups is 1. The van der Waals surface area contributed by atoms with E-state index in [-0.39, 0.29) is 12.5 Å². The van der Waals surface area contributed by atoms with Gasteiger partial charge in [-0.25, -0.2) is 0 Å². The van der Waals surface area contributed by atoms with Crippen LogP contribution in [0.15, 0.2) is 18.2 Å². The lowest BCUT2D eigenvalue weighted by Gasteiger charge is -2.22. The smallest absolute Gasteiger partial charge is 0.251 e. The predicted molar refractivity (Wildman–Crippen MR) is 77.8 cm³/mol. The fraction of sp³-hybridized carbons (Fsp3) is 0.417. The summed E-state index contributed by atoms with van der Waals surface area (Å²) in [7, 11) is 0. The monoisotopic (exact) mass is 307 g/mol. The molecule has 1 amide bonds. The van der Waals surface area contributed by atoms with Gasteiger partial charge in [-0.1, -0.05) is 23.2 Å². The summed E-state index contributed by atoms with van der Waals surface area (Å²) in [6.45, 7) is 1.87. The standard InChI is InChI=1S/C12H15Cl2NO2S/c1-12(17,7-18-2)6-15-11(16)8-3-4-9(13)10(14)5-8/h3-5,17H,6-7H2,1-2H3,(H,15,16)/t12-/m1/s1. The van der Waals surface area contributed by atoms with Gasteiger partial charge < -0.3 is 10.4 Å². The first-order valence-electron chi connectivity index (χ1n) is 5.30. The molecule has 0 aliphatic carbocycles. The third kappa shape index (κ3) is 4.69. The average Bonchev–Trinajstić information content (AvgIpc) is 2.30. The van der Waals surface area contributed by atoms with E-state index >= 15 is 0 Å². The number of aliphatic hydroxyl groups is 1. The molecule has 1 aromatic carbocycles. The van der Waals surface area contributed by atoms with Crippen molar-refractivity contribution in [3.8, 4) is 0 Å². The molecule has 1 atom stereocenters. The number of hydrogen-bond donors (Lipinski definition) is 2. The van der Waals surface area contributed by atoms with Crippen molar-refractivity contribution in [2.75, 3.05) is 18.6 Å². The first-order valence-corrected chi connectivity index (χ1v) is 7.45. The Labute approximate surface area is 121 Å². The number of carbonyl (C=O) groups is 1. The zero-order chi connectivity index (χ0) is 13.8. The Balaban J connectivity index is 2.63. The summed E-state index contributed by atoms with van der Waals surface area (Å²) in [5.74, 6) is 0.268. The predicted octanol–water partition coefficient (Wildman–Crippen LogP) is 2.84. The first-order chi connectivity index (χ1) is 8.35. The number of rotatable bonds is 5. The fourth-order valence-electron chi connectivity index (χ4n) is 1.37. The van der Waals surface area contributed by atoms with E-state index in [4.69, 9.17) is 23.2 Å². The van der Waals surface area contributed by atoms with Gasteiger partial charge in [-0.2, -0.15) is 11.8 Å². The Hall–Kier alpha value is -0.420. The summed E-state index contributed by atoms with van der Waals surface area (Å²) in [5, 5.41) is 13.3. The van der Waals surface area contributed by atoms with Gasteiger partial charge in [0, 0.05) is 17.9 Å². The Bertz CT molecular complexity index is 438. The van der Waals surface area contributed by atoms with Crippen molar-refractivity contribution in [2.24, 2.45) is 0 Å². The third-order valence-electron chi connectivity index (χ3n) is 2.27. The molecule has 0 heterocycles. The molecule has 1 rings (SSSR count). The number of hydrogen-bond acceptors (Lipinski definition) is 3. The second-order valence-electron chi connectivity index (χ2n) is 4.24. The van der Waals surface area contributed by atoms with Gasteiger partial charge >= 0.3 is 0 Å². The molecule has 0 aromatic heterocycles. The average molecular weight is 308 g/mol. The number of carbonyl (C=O) groups excluding carboxylic acids is 1. The zero-order valence-electron chi connectivity index (χ0n) is 10.2. The van der Waals surface area contributed by atoms with Gasteiger partial charge in [0.05, 0.1) is 15.6 Å². The van der Waals surface area contributed by atoms with Gasteiger partial charge in [-0.05, 0) is 31.4 Å². The molecule has 0 bridgehead atoms. The van der Waals surface area contributed by atoms with Crippen molar-refractivity contribution >= 4 is 40.9 Å². The molecule has 6 heteroatoms. The minimum absolute atomic E-state index is 0.187. The van der Waals surface area contributed by atoms with E-state index in [0.717, 1.165) is 0 Å². The number of halogens is 2. The molecule has 0 aliphatic rings. The summed E-state index contributed by atoms with van der Waals surface area (Å²) >= 11 is 13.1. The van der Waals surface area contributed by atoms with Crippen LogP contribution in [0, 0.1) is 0 Å². The van der Waals surface area contributed by atoms with Crippen LogP contribution >= 0.6 is 35.0 Å². The van der Waals surface area contributed by atoms with Gasteiger partial charge in [0.1, 0.15) is 0 Å². The molecule has 0 fully saturated rings. The maximum absolute atomic E-state index is 11.8. The van der Waals surface area contributed by atoms with Crippen molar-refractivity contribution < 1.29 is 9.90 Å². The van der Waals surface area contributed by atoms with Crippen LogP contribution in [0.1, 0.15) is 17.3 Å². The molecule has 0 saturated carbocycles. The Morgan fingerprint density at radius 1 is 1.44 bits per heavy atom. The Kier molecular flexibility index (Phi) is 5.79. The molecular weight excluding hydrogens is 293 g/mol. The van der Waals surface area contributed by atoms with Gasteiger partial charge in [0.2, 0.25) is 0 Å².